The van der Waals surface area contributed by atoms with Crippen LogP contribution >= 0.6 is 23.2 Å². The topological polar surface area (TPSA) is 71.8 Å². The molecule has 1 aromatic rings. The first-order valence-electron chi connectivity index (χ1n) is 6.93. The molecule has 0 saturated heterocycles. The first-order valence-corrected chi connectivity index (χ1v) is 7.68. The second kappa shape index (κ2) is 6.02. The number of hydrogen-bond donors (Lipinski definition) is 2. The van der Waals surface area contributed by atoms with Crippen molar-refractivity contribution in [2.45, 2.75) is 39.3 Å². The quantitative estimate of drug-likeness (QED) is 0.826. The number of halogens is 5. The highest BCUT2D eigenvalue weighted by Crippen LogP contribution is 2.48. The molecule has 128 valence electrons. The SMILES string of the molecule is CC1CC(Cl)=C(Cl)CC1(C)Cc1c(C(F)(F)F)nc(N)[nH]c1=O. The molecule has 0 radical (unpaired) electrons. The number of aromatic nitrogens is 2. The zero-order chi connectivity index (χ0) is 17.6. The number of nitrogens with one attached hydrogen (secondary N) is 1. The number of nitrogens with zero attached hydrogens (tertiary/aromatic N) is 1. The van der Waals surface area contributed by atoms with Crippen molar-refractivity contribution in [3.8, 4) is 0 Å². The maximum atomic E-state index is 13.2. The van der Waals surface area contributed by atoms with Crippen LogP contribution in [0.2, 0.25) is 0 Å². The van der Waals surface area contributed by atoms with Crippen molar-refractivity contribution in [2.75, 3.05) is 5.73 Å². The van der Waals surface area contributed by atoms with Gasteiger partial charge < -0.3 is 5.73 Å². The van der Waals surface area contributed by atoms with Crippen LogP contribution in [0.3, 0.4) is 0 Å². The smallest absolute Gasteiger partial charge is 0.369 e. The highest BCUT2D eigenvalue weighted by atomic mass is 35.5. The number of allylic oxidation sites excluding steroid dienone is 2. The van der Waals surface area contributed by atoms with Crippen molar-refractivity contribution < 1.29 is 13.2 Å². The van der Waals surface area contributed by atoms with Gasteiger partial charge in [0.15, 0.2) is 5.69 Å². The number of H-pyrrole nitrogens is 1. The second-order valence-corrected chi connectivity index (χ2v) is 7.11. The van der Waals surface area contributed by atoms with Gasteiger partial charge in [0.25, 0.3) is 5.56 Å². The van der Waals surface area contributed by atoms with Crippen LogP contribution in [0.15, 0.2) is 14.9 Å². The van der Waals surface area contributed by atoms with E-state index in [1.165, 1.54) is 0 Å². The molecule has 1 heterocycles. The summed E-state index contributed by atoms with van der Waals surface area (Å²) < 4.78 is 39.6. The zero-order valence-electron chi connectivity index (χ0n) is 12.5. The number of nitrogens with two attached hydrogens (primary N) is 1. The van der Waals surface area contributed by atoms with E-state index in [4.69, 9.17) is 28.9 Å². The molecule has 3 N–H and O–H groups in total. The Hall–Kier alpha value is -1.21. The molecule has 9 heteroatoms. The number of anilines is 1. The summed E-state index contributed by atoms with van der Waals surface area (Å²) in [6.07, 6.45) is -4.12. The molecule has 4 nitrogen and oxygen atoms in total. The minimum Gasteiger partial charge on any atom is -0.369 e. The van der Waals surface area contributed by atoms with Gasteiger partial charge in [-0.1, -0.05) is 37.0 Å². The lowest BCUT2D eigenvalue weighted by Crippen LogP contribution is -2.35. The third-order valence-electron chi connectivity index (χ3n) is 4.41. The predicted molar refractivity (Wildman–Crippen MR) is 83.2 cm³/mol. The lowest BCUT2D eigenvalue weighted by molar-refractivity contribution is -0.142. The number of hydrogen-bond acceptors (Lipinski definition) is 3. The van der Waals surface area contributed by atoms with E-state index < -0.39 is 34.4 Å². The molecule has 23 heavy (non-hydrogen) atoms. The molecule has 1 aromatic heterocycles. The van der Waals surface area contributed by atoms with Crippen LogP contribution in [0.5, 0.6) is 0 Å². The normalized spacial score (nSPS) is 25.8. The van der Waals surface area contributed by atoms with Crippen molar-refractivity contribution in [3.05, 3.63) is 31.7 Å². The Bertz CT molecular complexity index is 714. The molecular weight excluding hydrogens is 354 g/mol. The highest BCUT2D eigenvalue weighted by Gasteiger charge is 2.42. The molecule has 2 unspecified atom stereocenters. The van der Waals surface area contributed by atoms with E-state index in [1.807, 2.05) is 6.92 Å². The zero-order valence-corrected chi connectivity index (χ0v) is 14.0. The predicted octanol–water partition coefficient (Wildman–Crippen LogP) is 4.04. The van der Waals surface area contributed by atoms with E-state index in [2.05, 4.69) is 9.97 Å². The molecule has 0 aliphatic heterocycles. The molecule has 1 aliphatic rings. The Balaban J connectivity index is 2.50. The van der Waals surface area contributed by atoms with E-state index >= 15 is 0 Å². The number of rotatable bonds is 2. The van der Waals surface area contributed by atoms with Crippen LogP contribution < -0.4 is 11.3 Å². The Kier molecular flexibility index (Phi) is 4.74. The standard InChI is InChI=1S/C14H16Cl2F3N3O/c1-6-3-8(15)9(16)5-13(6,2)4-7-10(14(17,18)19)21-12(20)22-11(7)23/h6H,3-5H2,1-2H3,(H3,20,21,22,23). The average molecular weight is 370 g/mol. The maximum absolute atomic E-state index is 13.2. The summed E-state index contributed by atoms with van der Waals surface area (Å²) in [5, 5.41) is 0.928. The van der Waals surface area contributed by atoms with Gasteiger partial charge in [-0.05, 0) is 30.6 Å². The van der Waals surface area contributed by atoms with Gasteiger partial charge in [0.2, 0.25) is 5.95 Å². The van der Waals surface area contributed by atoms with Gasteiger partial charge in [0.05, 0.1) is 0 Å². The van der Waals surface area contributed by atoms with Crippen molar-refractivity contribution >= 4 is 29.2 Å². The van der Waals surface area contributed by atoms with Crippen LogP contribution in [-0.4, -0.2) is 9.97 Å². The minimum atomic E-state index is -4.76. The average Bonchev–Trinajstić information content (AvgIpc) is 2.38. The lowest BCUT2D eigenvalue weighted by Gasteiger charge is -2.39. The second-order valence-electron chi connectivity index (χ2n) is 6.20. The van der Waals surface area contributed by atoms with Gasteiger partial charge >= 0.3 is 6.18 Å². The molecule has 0 spiro atoms. The van der Waals surface area contributed by atoms with E-state index in [1.54, 1.807) is 6.92 Å². The van der Waals surface area contributed by atoms with Gasteiger partial charge in [-0.3, -0.25) is 9.78 Å². The number of nitrogen functional groups attached to an aromatic ring is 1. The fourth-order valence-corrected chi connectivity index (χ4v) is 3.49. The summed E-state index contributed by atoms with van der Waals surface area (Å²) in [5.74, 6) is -0.607. The highest BCUT2D eigenvalue weighted by molar-refractivity contribution is 6.39. The van der Waals surface area contributed by atoms with Crippen LogP contribution in [-0.2, 0) is 12.6 Å². The van der Waals surface area contributed by atoms with Crippen LogP contribution in [0.4, 0.5) is 19.1 Å². The summed E-state index contributed by atoms with van der Waals surface area (Å²) in [5.41, 5.74) is 2.05. The van der Waals surface area contributed by atoms with Gasteiger partial charge in [-0.15, -0.1) is 0 Å². The Labute approximate surface area is 140 Å². The minimum absolute atomic E-state index is 0.0458. The van der Waals surface area contributed by atoms with E-state index in [-0.39, 0.29) is 12.3 Å². The van der Waals surface area contributed by atoms with Crippen LogP contribution in [0.25, 0.3) is 0 Å². The molecule has 0 amide bonds. The van der Waals surface area contributed by atoms with Gasteiger partial charge in [0, 0.05) is 15.6 Å². The van der Waals surface area contributed by atoms with Gasteiger partial charge in [0.1, 0.15) is 0 Å². The lowest BCUT2D eigenvalue weighted by atomic mass is 9.67. The number of aromatic amines is 1. The van der Waals surface area contributed by atoms with Crippen molar-refractivity contribution in [3.63, 3.8) is 0 Å². The van der Waals surface area contributed by atoms with Crippen molar-refractivity contribution in [1.29, 1.82) is 0 Å². The van der Waals surface area contributed by atoms with Crippen LogP contribution in [0, 0.1) is 11.3 Å². The van der Waals surface area contributed by atoms with Gasteiger partial charge in [-0.2, -0.15) is 13.2 Å². The molecule has 2 atom stereocenters. The monoisotopic (exact) mass is 369 g/mol. The molecular formula is C14H16Cl2F3N3O. The Morgan fingerprint density at radius 2 is 2.00 bits per heavy atom. The molecule has 0 fully saturated rings. The number of alkyl halides is 3. The fourth-order valence-electron chi connectivity index (χ4n) is 2.80. The fraction of sp³-hybridized carbons (Fsp3) is 0.571. The van der Waals surface area contributed by atoms with Crippen molar-refractivity contribution in [1.82, 2.24) is 9.97 Å². The van der Waals surface area contributed by atoms with E-state index in [9.17, 15) is 18.0 Å². The summed E-state index contributed by atoms with van der Waals surface area (Å²) in [7, 11) is 0. The Morgan fingerprint density at radius 3 is 2.57 bits per heavy atom. The maximum Gasteiger partial charge on any atom is 0.433 e. The third kappa shape index (κ3) is 3.66. The van der Waals surface area contributed by atoms with Gasteiger partial charge in [-0.25, -0.2) is 4.98 Å². The summed E-state index contributed by atoms with van der Waals surface area (Å²) in [6.45, 7) is 3.66. The molecule has 0 saturated carbocycles. The summed E-state index contributed by atoms with van der Waals surface area (Å²) in [6, 6.07) is 0. The molecule has 1 aliphatic carbocycles. The van der Waals surface area contributed by atoms with Crippen molar-refractivity contribution in [2.24, 2.45) is 11.3 Å². The summed E-state index contributed by atoms with van der Waals surface area (Å²) in [4.78, 5) is 17.4. The first kappa shape index (κ1) is 18.1. The molecule has 0 aromatic carbocycles. The first-order chi connectivity index (χ1) is 10.4. The molecule has 2 rings (SSSR count). The third-order valence-corrected chi connectivity index (χ3v) is 5.25. The summed E-state index contributed by atoms with van der Waals surface area (Å²) >= 11 is 12.1. The van der Waals surface area contributed by atoms with E-state index in [0.717, 1.165) is 0 Å². The van der Waals surface area contributed by atoms with E-state index in [0.29, 0.717) is 22.9 Å². The largest absolute Gasteiger partial charge is 0.433 e. The van der Waals surface area contributed by atoms with Crippen LogP contribution in [0.1, 0.15) is 37.9 Å². The molecule has 0 bridgehead atoms. The Morgan fingerprint density at radius 1 is 1.39 bits per heavy atom.